The number of ether oxygens (including phenoxy) is 1. The van der Waals surface area contributed by atoms with Crippen molar-refractivity contribution >= 4 is 66.8 Å². The highest BCUT2D eigenvalue weighted by Crippen LogP contribution is 2.45. The van der Waals surface area contributed by atoms with Gasteiger partial charge in [-0.1, -0.05) is 27.7 Å². The van der Waals surface area contributed by atoms with Crippen LogP contribution >= 0.6 is 22.7 Å². The van der Waals surface area contributed by atoms with Gasteiger partial charge in [0.05, 0.1) is 52.7 Å². The van der Waals surface area contributed by atoms with Gasteiger partial charge in [0.2, 0.25) is 11.8 Å². The number of fused-ring (bicyclic) bond motifs is 2. The Balaban J connectivity index is 1.12. The Morgan fingerprint density at radius 1 is 0.782 bits per heavy atom. The molecule has 2 saturated heterocycles. The molecule has 55 heavy (non-hydrogen) atoms. The number of carbonyl (C=O) groups excluding carboxylic acids is 3. The van der Waals surface area contributed by atoms with E-state index in [1.165, 1.54) is 38.4 Å². The minimum absolute atomic E-state index is 0.110. The van der Waals surface area contributed by atoms with Crippen LogP contribution in [0.5, 0.6) is 0 Å². The summed E-state index contributed by atoms with van der Waals surface area (Å²) in [4.78, 5) is 72.8. The maximum absolute atomic E-state index is 13.6. The predicted molar refractivity (Wildman–Crippen MR) is 213 cm³/mol. The second kappa shape index (κ2) is 15.3. The van der Waals surface area contributed by atoms with Crippen LogP contribution in [0.1, 0.15) is 88.2 Å². The van der Waals surface area contributed by atoms with Crippen LogP contribution in [-0.4, -0.2) is 91.1 Å². The van der Waals surface area contributed by atoms with Crippen molar-refractivity contribution in [1.29, 1.82) is 0 Å². The van der Waals surface area contributed by atoms with Crippen LogP contribution in [0.15, 0.2) is 24.5 Å². The molecule has 4 unspecified atom stereocenters. The average Bonchev–Trinajstić information content (AvgIpc) is 4.00. The first kappa shape index (κ1) is 38.3. The van der Waals surface area contributed by atoms with Crippen LogP contribution in [0.4, 0.5) is 9.59 Å². The molecule has 4 amide bonds. The molecule has 0 radical (unpaired) electrons. The van der Waals surface area contributed by atoms with Gasteiger partial charge < -0.3 is 40.2 Å². The third-order valence-electron chi connectivity index (χ3n) is 11.0. The molecule has 292 valence electrons. The number of H-pyrrole nitrogens is 2. The van der Waals surface area contributed by atoms with Crippen LogP contribution < -0.4 is 10.6 Å². The number of aryl methyl sites for hydroxylation is 2. The van der Waals surface area contributed by atoms with Gasteiger partial charge in [0.1, 0.15) is 23.7 Å². The summed E-state index contributed by atoms with van der Waals surface area (Å²) in [5.74, 6) is 0.779. The van der Waals surface area contributed by atoms with Crippen molar-refractivity contribution < 1.29 is 29.0 Å². The van der Waals surface area contributed by atoms with Crippen molar-refractivity contribution in [2.75, 3.05) is 20.2 Å². The largest absolute Gasteiger partial charge is 0.465 e. The highest BCUT2D eigenvalue weighted by atomic mass is 32.1. The first-order chi connectivity index (χ1) is 26.3. The number of aromatic nitrogens is 4. The summed E-state index contributed by atoms with van der Waals surface area (Å²) in [5, 5.41) is 16.8. The lowest BCUT2D eigenvalue weighted by atomic mass is 10.0. The number of benzene rings is 1. The maximum atomic E-state index is 13.6. The van der Waals surface area contributed by atoms with Crippen molar-refractivity contribution in [1.82, 2.24) is 40.4 Å². The van der Waals surface area contributed by atoms with Gasteiger partial charge in [0, 0.05) is 22.5 Å². The topological polar surface area (TPSA) is 186 Å². The van der Waals surface area contributed by atoms with Gasteiger partial charge in [-0.15, -0.1) is 22.7 Å². The molecule has 2 fully saturated rings. The summed E-state index contributed by atoms with van der Waals surface area (Å²) < 4.78 is 7.17. The van der Waals surface area contributed by atoms with Crippen molar-refractivity contribution in [3.8, 4) is 21.1 Å². The van der Waals surface area contributed by atoms with Gasteiger partial charge in [-0.3, -0.25) is 9.59 Å². The van der Waals surface area contributed by atoms with Gasteiger partial charge in [-0.05, 0) is 85.4 Å². The van der Waals surface area contributed by atoms with E-state index in [9.17, 15) is 24.3 Å². The number of hydrogen-bond donors (Lipinski definition) is 5. The smallest absolute Gasteiger partial charge is 0.407 e. The second-order valence-corrected chi connectivity index (χ2v) is 17.3. The molecule has 14 nitrogen and oxygen atoms in total. The van der Waals surface area contributed by atoms with Crippen LogP contribution in [0.3, 0.4) is 0 Å². The molecule has 1 aromatic carbocycles. The Kier molecular flexibility index (Phi) is 10.7. The first-order valence-electron chi connectivity index (χ1n) is 18.8. The van der Waals surface area contributed by atoms with Crippen molar-refractivity contribution in [2.24, 2.45) is 11.8 Å². The number of thiophene rings is 2. The van der Waals surface area contributed by atoms with Crippen LogP contribution in [0, 0.1) is 25.7 Å². The number of amides is 4. The van der Waals surface area contributed by atoms with E-state index in [1.807, 2.05) is 45.0 Å². The lowest BCUT2D eigenvalue weighted by Crippen LogP contribution is -2.51. The Hall–Kier alpha value is -4.96. The lowest BCUT2D eigenvalue weighted by molar-refractivity contribution is -0.136. The fraction of sp³-hybridized carbons (Fsp3) is 0.487. The minimum Gasteiger partial charge on any atom is -0.465 e. The molecule has 4 aromatic heterocycles. The SMILES string of the molecule is COC(=O)NC(C(=O)N1CCCC1c1ncc(-c2cc3c(C)c4sc(-c5cnc(C6CCCN6C(=O)C(NC(=O)O)C(C)C)[nH]5)cc4c(C)c3s2)[nH]1)C(C)C. The molecule has 4 atom stereocenters. The predicted octanol–water partition coefficient (Wildman–Crippen LogP) is 7.51. The molecular weight excluding hydrogens is 741 g/mol. The second-order valence-electron chi connectivity index (χ2n) is 15.2. The van der Waals surface area contributed by atoms with E-state index < -0.39 is 24.3 Å². The van der Waals surface area contributed by atoms with Crippen LogP contribution in [0.25, 0.3) is 41.3 Å². The maximum Gasteiger partial charge on any atom is 0.407 e. The van der Waals surface area contributed by atoms with E-state index in [2.05, 4.69) is 46.6 Å². The zero-order chi connectivity index (χ0) is 39.3. The van der Waals surface area contributed by atoms with Gasteiger partial charge in [0.25, 0.3) is 0 Å². The fourth-order valence-electron chi connectivity index (χ4n) is 8.00. The molecule has 2 aliphatic heterocycles. The fourth-order valence-corrected chi connectivity index (χ4v) is 10.4. The Labute approximate surface area is 327 Å². The van der Waals surface area contributed by atoms with E-state index in [-0.39, 0.29) is 35.7 Å². The summed E-state index contributed by atoms with van der Waals surface area (Å²) in [6.45, 7) is 12.9. The molecular formula is C39H48N8O6S2. The average molecular weight is 789 g/mol. The first-order valence-corrected chi connectivity index (χ1v) is 20.4. The highest BCUT2D eigenvalue weighted by Gasteiger charge is 2.39. The van der Waals surface area contributed by atoms with E-state index in [0.717, 1.165) is 52.6 Å². The van der Waals surface area contributed by atoms with Gasteiger partial charge >= 0.3 is 12.2 Å². The van der Waals surface area contributed by atoms with E-state index in [4.69, 9.17) is 14.7 Å². The number of nitrogens with one attached hydrogen (secondary N) is 4. The van der Waals surface area contributed by atoms with E-state index >= 15 is 0 Å². The molecule has 5 N–H and O–H groups in total. The third-order valence-corrected chi connectivity index (χ3v) is 13.6. The Morgan fingerprint density at radius 2 is 1.22 bits per heavy atom. The number of carbonyl (C=O) groups is 4. The number of rotatable bonds is 10. The standard InChI is InChI=1S/C39H48N8O6S2/c1-18(2)30(44-38(50)51)36(48)46-12-8-10-26(46)34-40-16-24(42-34)28-14-22-20(5)33-23(21(6)32(22)54-28)15-29(55-33)25-17-41-35(43-25)27-11-9-13-47(27)37(49)31(19(3)4)45-39(52)53-7/h14-19,26-27,30-31,44H,8-13H2,1-7H3,(H,40,42)(H,41,43)(H,45,52)(H,50,51). The molecule has 0 saturated carbocycles. The van der Waals surface area contributed by atoms with Crippen molar-refractivity contribution in [3.05, 3.63) is 47.3 Å². The zero-order valence-electron chi connectivity index (χ0n) is 32.1. The van der Waals surface area contributed by atoms with Crippen molar-refractivity contribution in [3.63, 3.8) is 0 Å². The minimum atomic E-state index is -1.21. The highest BCUT2D eigenvalue weighted by molar-refractivity contribution is 7.24. The monoisotopic (exact) mass is 788 g/mol. The molecule has 5 aromatic rings. The number of carboxylic acid groups (broad SMARTS) is 1. The van der Waals surface area contributed by atoms with Crippen molar-refractivity contribution in [2.45, 2.75) is 91.4 Å². The summed E-state index contributed by atoms with van der Waals surface area (Å²) in [5.41, 5.74) is 4.16. The number of likely N-dealkylation sites (tertiary alicyclic amines) is 2. The molecule has 2 aliphatic rings. The summed E-state index contributed by atoms with van der Waals surface area (Å²) in [6.07, 6.45) is 5.04. The summed E-state index contributed by atoms with van der Waals surface area (Å²) >= 11 is 3.42. The van der Waals surface area contributed by atoms with Crippen LogP contribution in [-0.2, 0) is 14.3 Å². The molecule has 16 heteroatoms. The Bertz CT molecular complexity index is 2210. The molecule has 7 rings (SSSR count). The summed E-state index contributed by atoms with van der Waals surface area (Å²) in [6, 6.07) is 2.45. The van der Waals surface area contributed by atoms with E-state index in [1.54, 1.807) is 27.6 Å². The normalized spacial score (nSPS) is 18.5. The molecule has 0 aliphatic carbocycles. The van der Waals surface area contributed by atoms with E-state index in [0.29, 0.717) is 18.9 Å². The van der Waals surface area contributed by atoms with Gasteiger partial charge in [0.15, 0.2) is 0 Å². The molecule has 0 bridgehead atoms. The number of aromatic amines is 2. The molecule has 0 spiro atoms. The van der Waals surface area contributed by atoms with Gasteiger partial charge in [-0.2, -0.15) is 0 Å². The Morgan fingerprint density at radius 3 is 1.62 bits per heavy atom. The molecule has 6 heterocycles. The van der Waals surface area contributed by atoms with Crippen LogP contribution in [0.2, 0.25) is 0 Å². The number of methoxy groups -OCH3 is 1. The number of nitrogens with zero attached hydrogens (tertiary/aromatic N) is 4. The quantitative estimate of drug-likeness (QED) is 0.0962. The van der Waals surface area contributed by atoms with Gasteiger partial charge in [-0.25, -0.2) is 19.6 Å². The lowest BCUT2D eigenvalue weighted by Gasteiger charge is -2.30. The summed E-state index contributed by atoms with van der Waals surface area (Å²) in [7, 11) is 1.29. The zero-order valence-corrected chi connectivity index (χ0v) is 33.7. The third kappa shape index (κ3) is 7.17. The number of alkyl carbamates (subject to hydrolysis) is 1. The number of imidazole rings is 2. The number of hydrogen-bond acceptors (Lipinski definition) is 9.